The minimum atomic E-state index is -0.450. The van der Waals surface area contributed by atoms with E-state index in [1.165, 1.54) is 0 Å². The third-order valence-corrected chi connectivity index (χ3v) is 1.53. The molecular formula is C8H11ClFN3O. The van der Waals surface area contributed by atoms with Crippen molar-refractivity contribution >= 4 is 17.5 Å². The van der Waals surface area contributed by atoms with Crippen LogP contribution in [-0.4, -0.2) is 35.6 Å². The fraction of sp³-hybridized carbons (Fsp3) is 0.500. The molecule has 1 N–H and O–H groups in total. The van der Waals surface area contributed by atoms with Crippen LogP contribution in [0.25, 0.3) is 0 Å². The SMILES string of the molecule is Fc1cnc(NCCOCCCl)nc1. The van der Waals surface area contributed by atoms with E-state index in [1.807, 2.05) is 0 Å². The number of halogens is 2. The molecular weight excluding hydrogens is 209 g/mol. The number of hydrogen-bond donors (Lipinski definition) is 1. The van der Waals surface area contributed by atoms with Crippen molar-refractivity contribution in [2.75, 3.05) is 31.0 Å². The molecule has 6 heteroatoms. The van der Waals surface area contributed by atoms with E-state index >= 15 is 0 Å². The van der Waals surface area contributed by atoms with Crippen LogP contribution in [0.1, 0.15) is 0 Å². The summed E-state index contributed by atoms with van der Waals surface area (Å²) in [6.45, 7) is 1.61. The molecule has 0 atom stereocenters. The van der Waals surface area contributed by atoms with Crippen LogP contribution in [0.3, 0.4) is 0 Å². The van der Waals surface area contributed by atoms with Gasteiger partial charge in [-0.05, 0) is 0 Å². The van der Waals surface area contributed by atoms with Crippen molar-refractivity contribution in [2.45, 2.75) is 0 Å². The average Bonchev–Trinajstić information content (AvgIpc) is 2.21. The van der Waals surface area contributed by atoms with Crippen molar-refractivity contribution in [1.82, 2.24) is 9.97 Å². The second kappa shape index (κ2) is 6.50. The van der Waals surface area contributed by atoms with Crippen LogP contribution in [0, 0.1) is 5.82 Å². The van der Waals surface area contributed by atoms with Crippen molar-refractivity contribution in [2.24, 2.45) is 0 Å². The van der Waals surface area contributed by atoms with Crippen molar-refractivity contribution in [3.05, 3.63) is 18.2 Å². The molecule has 14 heavy (non-hydrogen) atoms. The van der Waals surface area contributed by atoms with Crippen LogP contribution in [0.2, 0.25) is 0 Å². The van der Waals surface area contributed by atoms with Crippen molar-refractivity contribution in [1.29, 1.82) is 0 Å². The van der Waals surface area contributed by atoms with E-state index in [1.54, 1.807) is 0 Å². The number of ether oxygens (including phenoxy) is 1. The average molecular weight is 220 g/mol. The summed E-state index contributed by atoms with van der Waals surface area (Å²) >= 11 is 5.40. The maximum Gasteiger partial charge on any atom is 0.222 e. The fourth-order valence-corrected chi connectivity index (χ4v) is 0.904. The second-order valence-corrected chi connectivity index (χ2v) is 2.83. The van der Waals surface area contributed by atoms with E-state index in [2.05, 4.69) is 15.3 Å². The van der Waals surface area contributed by atoms with E-state index in [0.717, 1.165) is 12.4 Å². The molecule has 0 saturated carbocycles. The number of hydrogen-bond acceptors (Lipinski definition) is 4. The van der Waals surface area contributed by atoms with Crippen LogP contribution in [0.5, 0.6) is 0 Å². The molecule has 0 spiro atoms. The summed E-state index contributed by atoms with van der Waals surface area (Å²) in [5.41, 5.74) is 0. The molecule has 1 heterocycles. The summed E-state index contributed by atoms with van der Waals surface area (Å²) in [5.74, 6) is 0.419. The van der Waals surface area contributed by atoms with E-state index < -0.39 is 5.82 Å². The van der Waals surface area contributed by atoms with Crippen LogP contribution in [0.4, 0.5) is 10.3 Å². The van der Waals surface area contributed by atoms with Crippen molar-refractivity contribution in [3.8, 4) is 0 Å². The van der Waals surface area contributed by atoms with E-state index in [4.69, 9.17) is 16.3 Å². The summed E-state index contributed by atoms with van der Waals surface area (Å²) in [4.78, 5) is 7.43. The van der Waals surface area contributed by atoms with E-state index in [-0.39, 0.29) is 0 Å². The molecule has 0 unspecified atom stereocenters. The Morgan fingerprint density at radius 3 is 2.71 bits per heavy atom. The van der Waals surface area contributed by atoms with Crippen LogP contribution in [-0.2, 0) is 4.74 Å². The monoisotopic (exact) mass is 219 g/mol. The third-order valence-electron chi connectivity index (χ3n) is 1.37. The highest BCUT2D eigenvalue weighted by Crippen LogP contribution is 1.96. The normalized spacial score (nSPS) is 10.1. The quantitative estimate of drug-likeness (QED) is 0.579. The number of rotatable bonds is 6. The molecule has 0 amide bonds. The highest BCUT2D eigenvalue weighted by atomic mass is 35.5. The molecule has 1 aromatic heterocycles. The van der Waals surface area contributed by atoms with Gasteiger partial charge in [0.05, 0.1) is 25.6 Å². The van der Waals surface area contributed by atoms with Gasteiger partial charge in [-0.1, -0.05) is 0 Å². The predicted octanol–water partition coefficient (Wildman–Crippen LogP) is 1.28. The maximum atomic E-state index is 12.4. The molecule has 0 aromatic carbocycles. The lowest BCUT2D eigenvalue weighted by atomic mass is 10.6. The number of alkyl halides is 1. The fourth-order valence-electron chi connectivity index (χ4n) is 0.795. The number of nitrogens with zero attached hydrogens (tertiary/aromatic N) is 2. The summed E-state index contributed by atoms with van der Waals surface area (Å²) in [6.07, 6.45) is 2.21. The lowest BCUT2D eigenvalue weighted by Gasteiger charge is -2.04. The largest absolute Gasteiger partial charge is 0.378 e. The molecule has 0 aliphatic rings. The molecule has 1 rings (SSSR count). The summed E-state index contributed by atoms with van der Waals surface area (Å²) in [6, 6.07) is 0. The first-order valence-corrected chi connectivity index (χ1v) is 4.71. The zero-order valence-electron chi connectivity index (χ0n) is 7.54. The van der Waals surface area contributed by atoms with Gasteiger partial charge in [0.2, 0.25) is 5.95 Å². The van der Waals surface area contributed by atoms with Gasteiger partial charge in [0.15, 0.2) is 5.82 Å². The number of aromatic nitrogens is 2. The zero-order chi connectivity index (χ0) is 10.2. The number of anilines is 1. The standard InChI is InChI=1S/C8H11ClFN3O/c9-1-3-14-4-2-11-8-12-5-7(10)6-13-8/h5-6H,1-4H2,(H,11,12,13). The highest BCUT2D eigenvalue weighted by Gasteiger charge is 1.95. The second-order valence-electron chi connectivity index (χ2n) is 2.45. The molecule has 78 valence electrons. The lowest BCUT2D eigenvalue weighted by Crippen LogP contribution is -2.12. The topological polar surface area (TPSA) is 47.0 Å². The van der Waals surface area contributed by atoms with Crippen LogP contribution in [0.15, 0.2) is 12.4 Å². The van der Waals surface area contributed by atoms with Crippen LogP contribution < -0.4 is 5.32 Å². The van der Waals surface area contributed by atoms with Gasteiger partial charge in [0, 0.05) is 12.4 Å². The lowest BCUT2D eigenvalue weighted by molar-refractivity contribution is 0.160. The Balaban J connectivity index is 2.15. The summed E-state index contributed by atoms with van der Waals surface area (Å²) in [7, 11) is 0. The Morgan fingerprint density at radius 2 is 2.07 bits per heavy atom. The first-order valence-electron chi connectivity index (χ1n) is 4.18. The van der Waals surface area contributed by atoms with Gasteiger partial charge in [-0.2, -0.15) is 0 Å². The predicted molar refractivity (Wildman–Crippen MR) is 52.0 cm³/mol. The summed E-state index contributed by atoms with van der Waals surface area (Å²) < 4.78 is 17.5. The molecule has 4 nitrogen and oxygen atoms in total. The molecule has 0 fully saturated rings. The van der Waals surface area contributed by atoms with E-state index in [9.17, 15) is 4.39 Å². The van der Waals surface area contributed by atoms with Crippen molar-refractivity contribution < 1.29 is 9.13 Å². The van der Waals surface area contributed by atoms with Gasteiger partial charge in [0.25, 0.3) is 0 Å². The smallest absolute Gasteiger partial charge is 0.222 e. The van der Waals surface area contributed by atoms with Gasteiger partial charge < -0.3 is 10.1 Å². The molecule has 0 bridgehead atoms. The number of nitrogens with one attached hydrogen (secondary N) is 1. The van der Waals surface area contributed by atoms with Gasteiger partial charge in [-0.3, -0.25) is 0 Å². The zero-order valence-corrected chi connectivity index (χ0v) is 8.30. The Kier molecular flexibility index (Phi) is 5.17. The minimum absolute atomic E-state index is 0.390. The minimum Gasteiger partial charge on any atom is -0.378 e. The third kappa shape index (κ3) is 4.34. The molecule has 0 radical (unpaired) electrons. The Bertz CT molecular complexity index is 257. The Morgan fingerprint density at radius 1 is 1.36 bits per heavy atom. The summed E-state index contributed by atoms with van der Waals surface area (Å²) in [5, 5.41) is 2.87. The van der Waals surface area contributed by atoms with Gasteiger partial charge in [0.1, 0.15) is 0 Å². The first-order chi connectivity index (χ1) is 6.83. The molecule has 0 aliphatic heterocycles. The Hall–Kier alpha value is -0.940. The Labute approximate surface area is 86.5 Å². The molecule has 0 saturated heterocycles. The van der Waals surface area contributed by atoms with Crippen molar-refractivity contribution in [3.63, 3.8) is 0 Å². The van der Waals surface area contributed by atoms with Crippen LogP contribution >= 0.6 is 11.6 Å². The molecule has 0 aliphatic carbocycles. The van der Waals surface area contributed by atoms with E-state index in [0.29, 0.717) is 31.6 Å². The molecule has 1 aromatic rings. The maximum absolute atomic E-state index is 12.4. The van der Waals surface area contributed by atoms with Gasteiger partial charge in [-0.15, -0.1) is 11.6 Å². The van der Waals surface area contributed by atoms with Gasteiger partial charge >= 0.3 is 0 Å². The van der Waals surface area contributed by atoms with Gasteiger partial charge in [-0.25, -0.2) is 14.4 Å². The first kappa shape index (κ1) is 11.1. The highest BCUT2D eigenvalue weighted by molar-refractivity contribution is 6.17.